The molecule has 0 spiro atoms. The van der Waals surface area contributed by atoms with Crippen molar-refractivity contribution in [3.8, 4) is 0 Å². The van der Waals surface area contributed by atoms with E-state index in [2.05, 4.69) is 29.1 Å². The lowest BCUT2D eigenvalue weighted by Crippen LogP contribution is -2.35. The average Bonchev–Trinajstić information content (AvgIpc) is 2.31. The first-order valence-electron chi connectivity index (χ1n) is 4.78. The van der Waals surface area contributed by atoms with Crippen LogP contribution in [0, 0.1) is 0 Å². The van der Waals surface area contributed by atoms with Crippen molar-refractivity contribution in [3.05, 3.63) is 0 Å². The molecule has 1 rings (SSSR count). The highest BCUT2D eigenvalue weighted by atomic mass is 16.5. The molecule has 74 valence electrons. The smallest absolute Gasteiger partial charge is 0.291 e. The van der Waals surface area contributed by atoms with Gasteiger partial charge >= 0.3 is 0 Å². The van der Waals surface area contributed by atoms with E-state index in [0.717, 1.165) is 26.0 Å². The van der Waals surface area contributed by atoms with E-state index in [1.54, 1.807) is 6.34 Å². The number of nitrogens with one attached hydrogen (secondary N) is 1. The fourth-order valence-electron chi connectivity index (χ4n) is 0.984. The van der Waals surface area contributed by atoms with E-state index in [0.29, 0.717) is 12.1 Å². The van der Waals surface area contributed by atoms with Gasteiger partial charge in [0.15, 0.2) is 0 Å². The lowest BCUT2D eigenvalue weighted by atomic mass is 10.3. The predicted molar refractivity (Wildman–Crippen MR) is 54.3 cm³/mol. The van der Waals surface area contributed by atoms with Crippen LogP contribution in [0.2, 0.25) is 0 Å². The molecule has 4 nitrogen and oxygen atoms in total. The lowest BCUT2D eigenvalue weighted by molar-refractivity contribution is 0.279. The summed E-state index contributed by atoms with van der Waals surface area (Å²) in [5.74, 6) is 0. The van der Waals surface area contributed by atoms with E-state index < -0.39 is 0 Å². The monoisotopic (exact) mass is 183 g/mol. The first-order valence-corrected chi connectivity index (χ1v) is 4.78. The van der Waals surface area contributed by atoms with Crippen LogP contribution in [0.4, 0.5) is 0 Å². The van der Waals surface area contributed by atoms with Crippen molar-refractivity contribution in [2.75, 3.05) is 13.2 Å². The van der Waals surface area contributed by atoms with Crippen molar-refractivity contribution < 1.29 is 4.74 Å². The molecule has 1 atom stereocenters. The van der Waals surface area contributed by atoms with Gasteiger partial charge in [-0.3, -0.25) is 4.99 Å². The number of hydrogen-bond acceptors (Lipinski definition) is 4. The minimum Gasteiger partial charge on any atom is -0.465 e. The van der Waals surface area contributed by atoms with Crippen molar-refractivity contribution in [2.45, 2.75) is 32.7 Å². The summed E-state index contributed by atoms with van der Waals surface area (Å²) in [6.45, 7) is 5.67. The average molecular weight is 183 g/mol. The summed E-state index contributed by atoms with van der Waals surface area (Å²) in [6, 6.07) is 0.904. The Balaban J connectivity index is 2.31. The molecular weight excluding hydrogens is 166 g/mol. The van der Waals surface area contributed by atoms with Gasteiger partial charge in [0.1, 0.15) is 6.34 Å². The van der Waals surface area contributed by atoms with E-state index >= 15 is 0 Å². The van der Waals surface area contributed by atoms with Gasteiger partial charge in [-0.2, -0.15) is 4.99 Å². The summed E-state index contributed by atoms with van der Waals surface area (Å²) in [6.07, 6.45) is 3.75. The molecule has 0 saturated carbocycles. The second kappa shape index (κ2) is 5.56. The van der Waals surface area contributed by atoms with Gasteiger partial charge in [-0.25, -0.2) is 0 Å². The zero-order chi connectivity index (χ0) is 9.52. The number of hydrogen-bond donors (Lipinski definition) is 1. The molecule has 1 heterocycles. The molecule has 0 aliphatic carbocycles. The van der Waals surface area contributed by atoms with Crippen LogP contribution < -0.4 is 5.32 Å². The van der Waals surface area contributed by atoms with Gasteiger partial charge in [-0.15, -0.1) is 0 Å². The Morgan fingerprint density at radius 1 is 1.69 bits per heavy atom. The summed E-state index contributed by atoms with van der Waals surface area (Å²) in [5.41, 5.74) is 0. The number of nitrogens with zero attached hydrogens (tertiary/aromatic N) is 2. The highest BCUT2D eigenvalue weighted by Gasteiger charge is 2.07. The Labute approximate surface area is 79.1 Å². The van der Waals surface area contributed by atoms with Crippen LogP contribution in [0.3, 0.4) is 0 Å². The maximum Gasteiger partial charge on any atom is 0.291 e. The van der Waals surface area contributed by atoms with Crippen molar-refractivity contribution in [1.29, 1.82) is 0 Å². The first-order chi connectivity index (χ1) is 6.33. The molecule has 0 aromatic rings. The maximum atomic E-state index is 5.42. The first kappa shape index (κ1) is 10.0. The van der Waals surface area contributed by atoms with E-state index in [-0.39, 0.29) is 0 Å². The largest absolute Gasteiger partial charge is 0.465 e. The third-order valence-corrected chi connectivity index (χ3v) is 1.74. The summed E-state index contributed by atoms with van der Waals surface area (Å²) in [4.78, 5) is 8.11. The topological polar surface area (TPSA) is 46.0 Å². The normalized spacial score (nSPS) is 21.7. The Bertz CT molecular complexity index is 201. The van der Waals surface area contributed by atoms with Crippen LogP contribution in [0.1, 0.15) is 26.7 Å². The minimum absolute atomic E-state index is 0.305. The molecule has 1 unspecified atom stereocenters. The summed E-state index contributed by atoms with van der Waals surface area (Å²) in [5, 5.41) is 3.14. The number of rotatable bonds is 3. The van der Waals surface area contributed by atoms with E-state index in [1.807, 2.05) is 0 Å². The Morgan fingerprint density at radius 2 is 2.54 bits per heavy atom. The fraction of sp³-hybridized carbons (Fsp3) is 0.778. The second-order valence-corrected chi connectivity index (χ2v) is 3.16. The molecule has 0 radical (unpaired) electrons. The zero-order valence-corrected chi connectivity index (χ0v) is 8.29. The molecule has 0 bridgehead atoms. The quantitative estimate of drug-likeness (QED) is 0.668. The van der Waals surface area contributed by atoms with Gasteiger partial charge in [-0.1, -0.05) is 13.3 Å². The number of ether oxygens (including phenoxy) is 1. The fourth-order valence-corrected chi connectivity index (χ4v) is 0.984. The van der Waals surface area contributed by atoms with Crippen LogP contribution >= 0.6 is 0 Å². The van der Waals surface area contributed by atoms with Gasteiger partial charge in [0.05, 0.1) is 13.2 Å². The molecular formula is C9H17N3O. The summed E-state index contributed by atoms with van der Waals surface area (Å²) < 4.78 is 5.42. The van der Waals surface area contributed by atoms with Gasteiger partial charge in [-0.05, 0) is 13.3 Å². The highest BCUT2D eigenvalue weighted by Crippen LogP contribution is 1.93. The van der Waals surface area contributed by atoms with Crippen molar-refractivity contribution in [2.24, 2.45) is 9.98 Å². The van der Waals surface area contributed by atoms with Crippen LogP contribution in [-0.2, 0) is 4.74 Å². The molecule has 13 heavy (non-hydrogen) atoms. The van der Waals surface area contributed by atoms with Crippen LogP contribution in [0.5, 0.6) is 0 Å². The number of amidine groups is 1. The molecule has 0 aromatic carbocycles. The molecule has 1 aliphatic rings. The third kappa shape index (κ3) is 3.92. The lowest BCUT2D eigenvalue weighted by Gasteiger charge is -2.12. The van der Waals surface area contributed by atoms with Crippen LogP contribution in [0.15, 0.2) is 9.98 Å². The molecule has 0 amide bonds. The Kier molecular flexibility index (Phi) is 4.29. The van der Waals surface area contributed by atoms with Gasteiger partial charge < -0.3 is 10.1 Å². The van der Waals surface area contributed by atoms with E-state index in [9.17, 15) is 0 Å². The second-order valence-electron chi connectivity index (χ2n) is 3.16. The standard InChI is InChI=1S/C9H17N3O/c1-3-4-5-13-9-11-7-10-6-8(2)12-9/h7-8H,3-6H2,1-2H3,(H,10,11,12). The predicted octanol–water partition coefficient (Wildman–Crippen LogP) is 1.18. The summed E-state index contributed by atoms with van der Waals surface area (Å²) in [7, 11) is 0. The van der Waals surface area contributed by atoms with Crippen molar-refractivity contribution >= 4 is 12.4 Å². The Morgan fingerprint density at radius 3 is 3.31 bits per heavy atom. The number of aliphatic imine (C=N–C) groups is 2. The van der Waals surface area contributed by atoms with Gasteiger partial charge in [0.2, 0.25) is 0 Å². The Hall–Kier alpha value is -1.06. The van der Waals surface area contributed by atoms with E-state index in [4.69, 9.17) is 4.74 Å². The van der Waals surface area contributed by atoms with Crippen molar-refractivity contribution in [1.82, 2.24) is 5.32 Å². The minimum atomic E-state index is 0.305. The molecule has 0 saturated heterocycles. The molecule has 4 heteroatoms. The SMILES string of the molecule is CCCCOC1=NC=NCC(C)N1. The molecule has 1 N–H and O–H groups in total. The van der Waals surface area contributed by atoms with Crippen LogP contribution in [-0.4, -0.2) is 31.6 Å². The summed E-state index contributed by atoms with van der Waals surface area (Å²) >= 11 is 0. The van der Waals surface area contributed by atoms with Gasteiger partial charge in [0.25, 0.3) is 6.02 Å². The van der Waals surface area contributed by atoms with Gasteiger partial charge in [0, 0.05) is 6.04 Å². The maximum absolute atomic E-state index is 5.42. The van der Waals surface area contributed by atoms with Crippen molar-refractivity contribution in [3.63, 3.8) is 0 Å². The third-order valence-electron chi connectivity index (χ3n) is 1.74. The number of unbranched alkanes of at least 4 members (excludes halogenated alkanes) is 1. The van der Waals surface area contributed by atoms with E-state index in [1.165, 1.54) is 0 Å². The highest BCUT2D eigenvalue weighted by molar-refractivity contribution is 5.83. The molecule has 0 aromatic heterocycles. The zero-order valence-electron chi connectivity index (χ0n) is 8.29. The molecule has 1 aliphatic heterocycles. The van der Waals surface area contributed by atoms with Crippen LogP contribution in [0.25, 0.3) is 0 Å². The molecule has 0 fully saturated rings.